The maximum absolute atomic E-state index is 12.0. The van der Waals surface area contributed by atoms with Gasteiger partial charge in [-0.2, -0.15) is 0 Å². The van der Waals surface area contributed by atoms with Gasteiger partial charge in [0, 0.05) is 29.7 Å². The van der Waals surface area contributed by atoms with Crippen LogP contribution < -0.4 is 5.32 Å². The number of Topliss-reactive ketones (excluding diaryl/α,β-unsaturated/α-hetero) is 1. The van der Waals surface area contributed by atoms with Crippen molar-refractivity contribution >= 4 is 28.8 Å². The highest BCUT2D eigenvalue weighted by Crippen LogP contribution is 2.12. The number of urea groups is 1. The maximum Gasteiger partial charge on any atom is 0.321 e. The highest BCUT2D eigenvalue weighted by Gasteiger charge is 2.09. The number of nitrogens with zero attached hydrogens (tertiary/aromatic N) is 1. The molecule has 0 atom stereocenters. The van der Waals surface area contributed by atoms with Crippen LogP contribution in [0, 0.1) is 0 Å². The Morgan fingerprint density at radius 2 is 1.90 bits per heavy atom. The van der Waals surface area contributed by atoms with Gasteiger partial charge in [0.25, 0.3) is 0 Å². The predicted molar refractivity (Wildman–Crippen MR) is 86.1 cm³/mol. The molecule has 0 spiro atoms. The van der Waals surface area contributed by atoms with Crippen LogP contribution in [-0.2, 0) is 6.42 Å². The van der Waals surface area contributed by atoms with Gasteiger partial charge < -0.3 is 10.2 Å². The van der Waals surface area contributed by atoms with Crippen molar-refractivity contribution in [2.75, 3.05) is 18.9 Å². The number of benzene rings is 1. The molecule has 2 aromatic rings. The molecular formula is C16H18N2O2S. The number of nitrogens with one attached hydrogen (secondary N) is 1. The summed E-state index contributed by atoms with van der Waals surface area (Å²) in [4.78, 5) is 26.1. The van der Waals surface area contributed by atoms with Gasteiger partial charge in [0.05, 0.1) is 0 Å². The summed E-state index contributed by atoms with van der Waals surface area (Å²) in [5, 5.41) is 4.85. The second kappa shape index (κ2) is 7.04. The quantitative estimate of drug-likeness (QED) is 0.857. The highest BCUT2D eigenvalue weighted by molar-refractivity contribution is 7.09. The van der Waals surface area contributed by atoms with Gasteiger partial charge in [0.2, 0.25) is 0 Å². The number of thiophene rings is 1. The lowest BCUT2D eigenvalue weighted by Gasteiger charge is -2.17. The fourth-order valence-electron chi connectivity index (χ4n) is 1.84. The van der Waals surface area contributed by atoms with E-state index in [0.717, 1.165) is 6.42 Å². The van der Waals surface area contributed by atoms with Gasteiger partial charge in [0.15, 0.2) is 5.78 Å². The number of hydrogen-bond acceptors (Lipinski definition) is 3. The average Bonchev–Trinajstić information content (AvgIpc) is 2.98. The van der Waals surface area contributed by atoms with Gasteiger partial charge >= 0.3 is 6.03 Å². The van der Waals surface area contributed by atoms with Crippen LogP contribution >= 0.6 is 11.3 Å². The molecule has 5 heteroatoms. The largest absolute Gasteiger partial charge is 0.327 e. The minimum absolute atomic E-state index is 0.0148. The SMILES string of the molecule is CC(=O)c1ccc(NC(=O)N(C)CCc2cccs2)cc1. The average molecular weight is 302 g/mol. The molecule has 2 rings (SSSR count). The fraction of sp³-hybridized carbons (Fsp3) is 0.250. The molecule has 1 heterocycles. The molecule has 0 saturated heterocycles. The third-order valence-corrected chi connectivity index (χ3v) is 4.10. The molecule has 0 unspecified atom stereocenters. The van der Waals surface area contributed by atoms with Crippen molar-refractivity contribution in [3.63, 3.8) is 0 Å². The van der Waals surface area contributed by atoms with E-state index in [1.54, 1.807) is 47.5 Å². The second-order valence-electron chi connectivity index (χ2n) is 4.81. The van der Waals surface area contributed by atoms with E-state index in [1.807, 2.05) is 11.4 Å². The molecule has 0 fully saturated rings. The van der Waals surface area contributed by atoms with E-state index in [-0.39, 0.29) is 11.8 Å². The van der Waals surface area contributed by atoms with Gasteiger partial charge in [-0.15, -0.1) is 11.3 Å². The summed E-state index contributed by atoms with van der Waals surface area (Å²) in [5.41, 5.74) is 1.33. The number of carbonyl (C=O) groups excluding carboxylic acids is 2. The Balaban J connectivity index is 1.86. The zero-order chi connectivity index (χ0) is 15.2. The minimum atomic E-state index is -0.151. The first-order valence-electron chi connectivity index (χ1n) is 6.72. The van der Waals surface area contributed by atoms with Crippen molar-refractivity contribution in [2.45, 2.75) is 13.3 Å². The fourth-order valence-corrected chi connectivity index (χ4v) is 2.54. The van der Waals surface area contributed by atoms with Crippen LogP contribution in [0.3, 0.4) is 0 Å². The normalized spacial score (nSPS) is 10.2. The molecule has 110 valence electrons. The lowest BCUT2D eigenvalue weighted by molar-refractivity contribution is 0.101. The summed E-state index contributed by atoms with van der Waals surface area (Å²) < 4.78 is 0. The van der Waals surface area contributed by atoms with Crippen LogP contribution in [0.25, 0.3) is 0 Å². The van der Waals surface area contributed by atoms with Gasteiger partial charge in [-0.25, -0.2) is 4.79 Å². The summed E-state index contributed by atoms with van der Waals surface area (Å²) >= 11 is 1.69. The Morgan fingerprint density at radius 1 is 1.19 bits per heavy atom. The molecule has 0 aliphatic rings. The number of likely N-dealkylation sites (N-methyl/N-ethyl adjacent to an activating group) is 1. The minimum Gasteiger partial charge on any atom is -0.327 e. The summed E-state index contributed by atoms with van der Waals surface area (Å²) in [7, 11) is 1.77. The number of ketones is 1. The molecule has 2 amide bonds. The smallest absolute Gasteiger partial charge is 0.321 e. The lowest BCUT2D eigenvalue weighted by atomic mass is 10.1. The highest BCUT2D eigenvalue weighted by atomic mass is 32.1. The van der Waals surface area contributed by atoms with Crippen LogP contribution in [-0.4, -0.2) is 30.3 Å². The molecule has 0 bridgehead atoms. The van der Waals surface area contributed by atoms with E-state index in [9.17, 15) is 9.59 Å². The first-order chi connectivity index (χ1) is 10.1. The van der Waals surface area contributed by atoms with E-state index in [1.165, 1.54) is 11.8 Å². The summed E-state index contributed by atoms with van der Waals surface area (Å²) in [5.74, 6) is 0.0148. The van der Waals surface area contributed by atoms with E-state index in [2.05, 4.69) is 11.4 Å². The number of carbonyl (C=O) groups is 2. The van der Waals surface area contributed by atoms with Crippen molar-refractivity contribution in [1.82, 2.24) is 4.90 Å². The third-order valence-electron chi connectivity index (χ3n) is 3.16. The Kier molecular flexibility index (Phi) is 5.11. The van der Waals surface area contributed by atoms with Crippen molar-refractivity contribution < 1.29 is 9.59 Å². The van der Waals surface area contributed by atoms with Gasteiger partial charge in [-0.05, 0) is 49.1 Å². The first-order valence-corrected chi connectivity index (χ1v) is 7.60. The van der Waals surface area contributed by atoms with Crippen LogP contribution in [0.2, 0.25) is 0 Å². The topological polar surface area (TPSA) is 49.4 Å². The van der Waals surface area contributed by atoms with Gasteiger partial charge in [-0.1, -0.05) is 6.07 Å². The standard InChI is InChI=1S/C16H18N2O2S/c1-12(19)13-5-7-14(8-6-13)17-16(20)18(2)10-9-15-4-3-11-21-15/h3-8,11H,9-10H2,1-2H3,(H,17,20). The molecule has 4 nitrogen and oxygen atoms in total. The Morgan fingerprint density at radius 3 is 2.48 bits per heavy atom. The third kappa shape index (κ3) is 4.43. The molecule has 0 radical (unpaired) electrons. The summed E-state index contributed by atoms with van der Waals surface area (Å²) in [6.07, 6.45) is 0.852. The van der Waals surface area contributed by atoms with E-state index >= 15 is 0 Å². The molecule has 0 aliphatic heterocycles. The predicted octanol–water partition coefficient (Wildman–Crippen LogP) is 3.66. The van der Waals surface area contributed by atoms with Gasteiger partial charge in [0.1, 0.15) is 0 Å². The molecule has 1 N–H and O–H groups in total. The Bertz CT molecular complexity index is 606. The zero-order valence-electron chi connectivity index (χ0n) is 12.1. The maximum atomic E-state index is 12.0. The van der Waals surface area contributed by atoms with Crippen molar-refractivity contribution in [3.05, 3.63) is 52.2 Å². The molecule has 1 aromatic carbocycles. The zero-order valence-corrected chi connectivity index (χ0v) is 12.9. The summed E-state index contributed by atoms with van der Waals surface area (Å²) in [6.45, 7) is 2.18. The monoisotopic (exact) mass is 302 g/mol. The molecule has 0 saturated carbocycles. The van der Waals surface area contributed by atoms with Crippen LogP contribution in [0.4, 0.5) is 10.5 Å². The molecular weight excluding hydrogens is 284 g/mol. The molecule has 0 aliphatic carbocycles. The van der Waals surface area contributed by atoms with Crippen LogP contribution in [0.1, 0.15) is 22.2 Å². The second-order valence-corrected chi connectivity index (χ2v) is 5.85. The van der Waals surface area contributed by atoms with E-state index in [4.69, 9.17) is 0 Å². The number of amides is 2. The number of anilines is 1. The number of hydrogen-bond donors (Lipinski definition) is 1. The van der Waals surface area contributed by atoms with Crippen molar-refractivity contribution in [2.24, 2.45) is 0 Å². The van der Waals surface area contributed by atoms with Gasteiger partial charge in [-0.3, -0.25) is 4.79 Å². The summed E-state index contributed by atoms with van der Waals surface area (Å²) in [6, 6.07) is 10.8. The van der Waals surface area contributed by atoms with E-state index < -0.39 is 0 Å². The van der Waals surface area contributed by atoms with Crippen LogP contribution in [0.5, 0.6) is 0 Å². The van der Waals surface area contributed by atoms with Crippen molar-refractivity contribution in [1.29, 1.82) is 0 Å². The van der Waals surface area contributed by atoms with E-state index in [0.29, 0.717) is 17.8 Å². The first kappa shape index (κ1) is 15.3. The molecule has 21 heavy (non-hydrogen) atoms. The van der Waals surface area contributed by atoms with Crippen molar-refractivity contribution in [3.8, 4) is 0 Å². The van der Waals surface area contributed by atoms with Crippen LogP contribution in [0.15, 0.2) is 41.8 Å². The Hall–Kier alpha value is -2.14. The number of rotatable bonds is 5. The lowest BCUT2D eigenvalue weighted by Crippen LogP contribution is -2.32. The Labute approximate surface area is 128 Å². The molecule has 1 aromatic heterocycles.